The molecule has 1 atom stereocenters. The highest BCUT2D eigenvalue weighted by Crippen LogP contribution is 2.41. The topological polar surface area (TPSA) is 12.5 Å². The SMILES string of the molecule is C=C[C@@H]1CCN(CCCOc2cccc(Br)c2C(F)(F)F)C1. The third kappa shape index (κ3) is 4.49. The summed E-state index contributed by atoms with van der Waals surface area (Å²) >= 11 is 2.94. The summed E-state index contributed by atoms with van der Waals surface area (Å²) in [4.78, 5) is 2.29. The van der Waals surface area contributed by atoms with Crippen molar-refractivity contribution >= 4 is 15.9 Å². The fourth-order valence-electron chi connectivity index (χ4n) is 2.63. The molecule has 2 nitrogen and oxygen atoms in total. The number of likely N-dealkylation sites (tertiary alicyclic amines) is 1. The molecular formula is C16H19BrF3NO. The maximum absolute atomic E-state index is 13.0. The van der Waals surface area contributed by atoms with Gasteiger partial charge in [0.2, 0.25) is 0 Å². The molecule has 0 saturated carbocycles. The lowest BCUT2D eigenvalue weighted by atomic mass is 10.1. The number of rotatable bonds is 6. The Hall–Kier alpha value is -1.01. The zero-order valence-corrected chi connectivity index (χ0v) is 13.8. The lowest BCUT2D eigenvalue weighted by Crippen LogP contribution is -2.23. The van der Waals surface area contributed by atoms with Crippen LogP contribution in [0.5, 0.6) is 5.75 Å². The van der Waals surface area contributed by atoms with Crippen molar-refractivity contribution in [1.82, 2.24) is 4.90 Å². The third-order valence-electron chi connectivity index (χ3n) is 3.78. The Kier molecular flexibility index (Phi) is 5.92. The minimum absolute atomic E-state index is 0.00543. The first-order chi connectivity index (χ1) is 10.4. The van der Waals surface area contributed by atoms with Crippen molar-refractivity contribution in [3.05, 3.63) is 40.9 Å². The van der Waals surface area contributed by atoms with Crippen LogP contribution in [-0.4, -0.2) is 31.1 Å². The van der Waals surface area contributed by atoms with Crippen LogP contribution in [0.3, 0.4) is 0 Å². The zero-order chi connectivity index (χ0) is 16.2. The summed E-state index contributed by atoms with van der Waals surface area (Å²) in [5.41, 5.74) is -0.747. The molecule has 0 amide bonds. The van der Waals surface area contributed by atoms with Crippen LogP contribution in [0.25, 0.3) is 0 Å². The number of hydrogen-bond acceptors (Lipinski definition) is 2. The minimum atomic E-state index is -4.43. The smallest absolute Gasteiger partial charge is 0.421 e. The average molecular weight is 378 g/mol. The van der Waals surface area contributed by atoms with Crippen molar-refractivity contribution in [2.75, 3.05) is 26.2 Å². The van der Waals surface area contributed by atoms with Gasteiger partial charge in [0.1, 0.15) is 11.3 Å². The van der Waals surface area contributed by atoms with E-state index in [4.69, 9.17) is 4.74 Å². The van der Waals surface area contributed by atoms with Crippen LogP contribution in [-0.2, 0) is 6.18 Å². The summed E-state index contributed by atoms with van der Waals surface area (Å²) in [6.07, 6.45) is -0.656. The Bertz CT molecular complexity index is 519. The molecule has 0 unspecified atom stereocenters. The molecule has 1 aromatic rings. The van der Waals surface area contributed by atoms with E-state index in [9.17, 15) is 13.2 Å². The molecule has 122 valence electrons. The van der Waals surface area contributed by atoms with Crippen LogP contribution in [0.15, 0.2) is 35.3 Å². The highest BCUT2D eigenvalue weighted by Gasteiger charge is 2.36. The first-order valence-electron chi connectivity index (χ1n) is 7.25. The second kappa shape index (κ2) is 7.51. The van der Waals surface area contributed by atoms with E-state index in [0.717, 1.165) is 26.1 Å². The fraction of sp³-hybridized carbons (Fsp3) is 0.500. The van der Waals surface area contributed by atoms with E-state index in [-0.39, 0.29) is 16.8 Å². The van der Waals surface area contributed by atoms with Crippen LogP contribution in [0.2, 0.25) is 0 Å². The highest BCUT2D eigenvalue weighted by atomic mass is 79.9. The van der Waals surface area contributed by atoms with Crippen LogP contribution in [0.4, 0.5) is 13.2 Å². The lowest BCUT2D eigenvalue weighted by molar-refractivity contribution is -0.139. The summed E-state index contributed by atoms with van der Waals surface area (Å²) in [5, 5.41) is 0. The fourth-order valence-corrected chi connectivity index (χ4v) is 3.20. The van der Waals surface area contributed by atoms with E-state index < -0.39 is 11.7 Å². The molecule has 6 heteroatoms. The van der Waals surface area contributed by atoms with Crippen LogP contribution < -0.4 is 4.74 Å². The summed E-state index contributed by atoms with van der Waals surface area (Å²) in [6.45, 7) is 6.89. The van der Waals surface area contributed by atoms with E-state index in [2.05, 4.69) is 27.4 Å². The van der Waals surface area contributed by atoms with Crippen molar-refractivity contribution in [2.24, 2.45) is 5.92 Å². The Balaban J connectivity index is 1.85. The van der Waals surface area contributed by atoms with E-state index in [1.54, 1.807) is 6.07 Å². The van der Waals surface area contributed by atoms with Gasteiger partial charge in [0.25, 0.3) is 0 Å². The molecule has 1 aliphatic heterocycles. The van der Waals surface area contributed by atoms with E-state index in [1.165, 1.54) is 12.1 Å². The molecule has 0 radical (unpaired) electrons. The van der Waals surface area contributed by atoms with Gasteiger partial charge in [0.05, 0.1) is 6.61 Å². The zero-order valence-electron chi connectivity index (χ0n) is 12.2. The van der Waals surface area contributed by atoms with Crippen molar-refractivity contribution in [1.29, 1.82) is 0 Å². The van der Waals surface area contributed by atoms with Crippen molar-refractivity contribution in [2.45, 2.75) is 19.0 Å². The summed E-state index contributed by atoms with van der Waals surface area (Å²) in [6, 6.07) is 4.27. The highest BCUT2D eigenvalue weighted by molar-refractivity contribution is 9.10. The van der Waals surface area contributed by atoms with Gasteiger partial charge in [0.15, 0.2) is 0 Å². The van der Waals surface area contributed by atoms with Crippen molar-refractivity contribution in [3.8, 4) is 5.75 Å². The van der Waals surface area contributed by atoms with Gasteiger partial charge in [-0.3, -0.25) is 0 Å². The van der Waals surface area contributed by atoms with Gasteiger partial charge in [-0.15, -0.1) is 6.58 Å². The molecule has 22 heavy (non-hydrogen) atoms. The number of hydrogen-bond donors (Lipinski definition) is 0. The summed E-state index contributed by atoms with van der Waals surface area (Å²) in [5.74, 6) is 0.412. The summed E-state index contributed by atoms with van der Waals surface area (Å²) in [7, 11) is 0. The molecule has 0 N–H and O–H groups in total. The van der Waals surface area contributed by atoms with E-state index in [1.807, 2.05) is 6.08 Å². The van der Waals surface area contributed by atoms with Crippen LogP contribution >= 0.6 is 15.9 Å². The molecule has 1 saturated heterocycles. The second-order valence-electron chi connectivity index (χ2n) is 5.40. The van der Waals surface area contributed by atoms with Crippen molar-refractivity contribution < 1.29 is 17.9 Å². The largest absolute Gasteiger partial charge is 0.493 e. The first-order valence-corrected chi connectivity index (χ1v) is 8.04. The third-order valence-corrected chi connectivity index (χ3v) is 4.44. The van der Waals surface area contributed by atoms with Gasteiger partial charge in [-0.25, -0.2) is 0 Å². The monoisotopic (exact) mass is 377 g/mol. The average Bonchev–Trinajstić information content (AvgIpc) is 2.90. The number of benzene rings is 1. The maximum atomic E-state index is 13.0. The van der Waals surface area contributed by atoms with Gasteiger partial charge in [0, 0.05) is 17.6 Å². The minimum Gasteiger partial charge on any atom is -0.493 e. The molecule has 2 rings (SSSR count). The Morgan fingerprint density at radius 2 is 2.18 bits per heavy atom. The predicted molar refractivity (Wildman–Crippen MR) is 84.0 cm³/mol. The first kappa shape index (κ1) is 17.3. The van der Waals surface area contributed by atoms with E-state index in [0.29, 0.717) is 12.3 Å². The number of halogens is 4. The van der Waals surface area contributed by atoms with Crippen molar-refractivity contribution in [3.63, 3.8) is 0 Å². The van der Waals surface area contributed by atoms with E-state index >= 15 is 0 Å². The summed E-state index contributed by atoms with van der Waals surface area (Å²) < 4.78 is 44.4. The molecule has 0 aromatic heterocycles. The molecule has 0 bridgehead atoms. The molecule has 1 aromatic carbocycles. The van der Waals surface area contributed by atoms with Gasteiger partial charge in [-0.2, -0.15) is 13.2 Å². The van der Waals surface area contributed by atoms with Gasteiger partial charge >= 0.3 is 6.18 Å². The Morgan fingerprint density at radius 3 is 2.82 bits per heavy atom. The molecule has 0 spiro atoms. The Morgan fingerprint density at radius 1 is 1.41 bits per heavy atom. The molecule has 0 aliphatic carbocycles. The van der Waals surface area contributed by atoms with Crippen LogP contribution in [0, 0.1) is 5.92 Å². The standard InChI is InChI=1S/C16H19BrF3NO/c1-2-12-7-9-21(11-12)8-4-10-22-14-6-3-5-13(17)15(14)16(18,19)20/h2-3,5-6,12H,1,4,7-11H2/t12-/m1/s1. The Labute approximate surface area is 137 Å². The van der Waals surface area contributed by atoms with Crippen LogP contribution in [0.1, 0.15) is 18.4 Å². The van der Waals surface area contributed by atoms with Gasteiger partial charge in [-0.05, 0) is 37.4 Å². The maximum Gasteiger partial charge on any atom is 0.421 e. The number of alkyl halides is 3. The quantitative estimate of drug-likeness (QED) is 0.524. The number of nitrogens with zero attached hydrogens (tertiary/aromatic N) is 1. The molecule has 1 heterocycles. The molecule has 1 fully saturated rings. The molecule has 1 aliphatic rings. The number of ether oxygens (including phenoxy) is 1. The van der Waals surface area contributed by atoms with Gasteiger partial charge < -0.3 is 9.64 Å². The lowest BCUT2D eigenvalue weighted by Gasteiger charge is -2.17. The predicted octanol–water partition coefficient (Wildman–Crippen LogP) is 4.74. The van der Waals surface area contributed by atoms with Gasteiger partial charge in [-0.1, -0.05) is 28.1 Å². The molecular weight excluding hydrogens is 359 g/mol. The second-order valence-corrected chi connectivity index (χ2v) is 6.25. The normalized spacial score (nSPS) is 19.4.